The lowest BCUT2D eigenvalue weighted by Crippen LogP contribution is -2.37. The Labute approximate surface area is 129 Å². The van der Waals surface area contributed by atoms with Crippen LogP contribution >= 0.6 is 11.6 Å². The zero-order valence-corrected chi connectivity index (χ0v) is 13.1. The monoisotopic (exact) mass is 324 g/mol. The molecule has 1 heterocycles. The van der Waals surface area contributed by atoms with E-state index in [2.05, 4.69) is 5.32 Å². The highest BCUT2D eigenvalue weighted by molar-refractivity contribution is 7.89. The third-order valence-corrected chi connectivity index (χ3v) is 5.98. The summed E-state index contributed by atoms with van der Waals surface area (Å²) in [6, 6.07) is 10.6. The maximum absolute atomic E-state index is 12.9. The van der Waals surface area contributed by atoms with Crippen LogP contribution in [0.5, 0.6) is 0 Å². The van der Waals surface area contributed by atoms with E-state index in [1.54, 1.807) is 30.3 Å². The van der Waals surface area contributed by atoms with Gasteiger partial charge >= 0.3 is 0 Å². The number of sulfonamides is 1. The maximum atomic E-state index is 12.9. The molecule has 0 unspecified atom stereocenters. The largest absolute Gasteiger partial charge is 0.303 e. The SMILES string of the molecule is O=S(=O)(c1cccc2c(Cl)cccc12)N1CCCCNC1. The fraction of sp³-hybridized carbons (Fsp3) is 0.333. The Morgan fingerprint density at radius 2 is 1.81 bits per heavy atom. The topological polar surface area (TPSA) is 49.4 Å². The molecule has 2 aromatic rings. The van der Waals surface area contributed by atoms with Gasteiger partial charge in [0.15, 0.2) is 0 Å². The molecule has 6 heteroatoms. The summed E-state index contributed by atoms with van der Waals surface area (Å²) in [6.45, 7) is 1.76. The normalized spacial score (nSPS) is 17.8. The smallest absolute Gasteiger partial charge is 0.244 e. The number of nitrogens with one attached hydrogen (secondary N) is 1. The lowest BCUT2D eigenvalue weighted by molar-refractivity contribution is 0.408. The molecule has 0 saturated carbocycles. The Balaban J connectivity index is 2.12. The van der Waals surface area contributed by atoms with Gasteiger partial charge in [0.05, 0.1) is 11.6 Å². The summed E-state index contributed by atoms with van der Waals surface area (Å²) < 4.78 is 27.3. The second-order valence-electron chi connectivity index (χ2n) is 5.14. The predicted molar refractivity (Wildman–Crippen MR) is 85.0 cm³/mol. The summed E-state index contributed by atoms with van der Waals surface area (Å²) in [6.07, 6.45) is 1.87. The van der Waals surface area contributed by atoms with Crippen LogP contribution in [0.15, 0.2) is 41.3 Å². The van der Waals surface area contributed by atoms with Crippen molar-refractivity contribution in [3.63, 3.8) is 0 Å². The molecule has 1 fully saturated rings. The molecule has 0 spiro atoms. The number of rotatable bonds is 2. The fourth-order valence-electron chi connectivity index (χ4n) is 2.63. The van der Waals surface area contributed by atoms with Gasteiger partial charge in [0, 0.05) is 22.3 Å². The number of hydrogen-bond donors (Lipinski definition) is 1. The number of hydrogen-bond acceptors (Lipinski definition) is 3. The molecule has 112 valence electrons. The predicted octanol–water partition coefficient (Wildman–Crippen LogP) is 2.82. The second-order valence-corrected chi connectivity index (χ2v) is 7.45. The first-order valence-corrected chi connectivity index (χ1v) is 8.80. The Morgan fingerprint density at radius 1 is 1.05 bits per heavy atom. The molecule has 3 rings (SSSR count). The molecule has 0 aromatic heterocycles. The van der Waals surface area contributed by atoms with Crippen LogP contribution in [0.3, 0.4) is 0 Å². The molecule has 1 saturated heterocycles. The maximum Gasteiger partial charge on any atom is 0.244 e. The van der Waals surface area contributed by atoms with Crippen LogP contribution < -0.4 is 5.32 Å². The van der Waals surface area contributed by atoms with Crippen molar-refractivity contribution in [1.29, 1.82) is 0 Å². The van der Waals surface area contributed by atoms with E-state index in [0.717, 1.165) is 24.8 Å². The van der Waals surface area contributed by atoms with E-state index < -0.39 is 10.0 Å². The van der Waals surface area contributed by atoms with E-state index in [9.17, 15) is 8.42 Å². The molecule has 0 amide bonds. The van der Waals surface area contributed by atoms with Gasteiger partial charge in [0.2, 0.25) is 10.0 Å². The lowest BCUT2D eigenvalue weighted by atomic mass is 10.1. The van der Waals surface area contributed by atoms with Crippen molar-refractivity contribution in [3.05, 3.63) is 41.4 Å². The van der Waals surface area contributed by atoms with Gasteiger partial charge in [0.25, 0.3) is 0 Å². The Bertz CT molecular complexity index is 753. The molecule has 1 N–H and O–H groups in total. The van der Waals surface area contributed by atoms with E-state index >= 15 is 0 Å². The Morgan fingerprint density at radius 3 is 2.67 bits per heavy atom. The first kappa shape index (κ1) is 14.8. The number of fused-ring (bicyclic) bond motifs is 1. The quantitative estimate of drug-likeness (QED) is 0.924. The van der Waals surface area contributed by atoms with Gasteiger partial charge in [-0.2, -0.15) is 4.31 Å². The minimum Gasteiger partial charge on any atom is -0.303 e. The summed E-state index contributed by atoms with van der Waals surface area (Å²) in [4.78, 5) is 0.325. The minimum atomic E-state index is -3.52. The highest BCUT2D eigenvalue weighted by Gasteiger charge is 2.26. The van der Waals surface area contributed by atoms with Crippen LogP contribution in [0, 0.1) is 0 Å². The molecule has 1 aliphatic heterocycles. The van der Waals surface area contributed by atoms with E-state index in [4.69, 9.17) is 11.6 Å². The highest BCUT2D eigenvalue weighted by Crippen LogP contribution is 2.30. The van der Waals surface area contributed by atoms with E-state index in [0.29, 0.717) is 28.5 Å². The van der Waals surface area contributed by atoms with E-state index in [1.807, 2.05) is 6.07 Å². The molecule has 2 aromatic carbocycles. The van der Waals surface area contributed by atoms with Crippen molar-refractivity contribution < 1.29 is 8.42 Å². The van der Waals surface area contributed by atoms with Gasteiger partial charge in [0.1, 0.15) is 0 Å². The van der Waals surface area contributed by atoms with Crippen LogP contribution in [0.25, 0.3) is 10.8 Å². The Hall–Kier alpha value is -1.14. The van der Waals surface area contributed by atoms with Crippen molar-refractivity contribution in [1.82, 2.24) is 9.62 Å². The van der Waals surface area contributed by atoms with Crippen molar-refractivity contribution >= 4 is 32.4 Å². The van der Waals surface area contributed by atoms with Crippen molar-refractivity contribution in [2.45, 2.75) is 17.7 Å². The van der Waals surface area contributed by atoms with Gasteiger partial charge in [-0.05, 0) is 31.5 Å². The van der Waals surface area contributed by atoms with Gasteiger partial charge in [-0.15, -0.1) is 0 Å². The number of nitrogens with zero attached hydrogens (tertiary/aromatic N) is 1. The fourth-order valence-corrected chi connectivity index (χ4v) is 4.49. The van der Waals surface area contributed by atoms with Gasteiger partial charge in [-0.1, -0.05) is 35.9 Å². The number of benzene rings is 2. The summed E-state index contributed by atoms with van der Waals surface area (Å²) in [7, 11) is -3.52. The van der Waals surface area contributed by atoms with Crippen LogP contribution in [0.4, 0.5) is 0 Å². The Kier molecular flexibility index (Phi) is 4.17. The summed E-state index contributed by atoms with van der Waals surface area (Å²) >= 11 is 6.17. The summed E-state index contributed by atoms with van der Waals surface area (Å²) in [5, 5.41) is 5.16. The first-order valence-electron chi connectivity index (χ1n) is 6.99. The number of halogens is 1. The average molecular weight is 325 g/mol. The molecule has 0 bridgehead atoms. The van der Waals surface area contributed by atoms with Gasteiger partial charge in [-0.25, -0.2) is 8.42 Å². The molecule has 0 radical (unpaired) electrons. The molecular weight excluding hydrogens is 308 g/mol. The summed E-state index contributed by atoms with van der Waals surface area (Å²) in [5.41, 5.74) is 0. The zero-order valence-electron chi connectivity index (χ0n) is 11.5. The van der Waals surface area contributed by atoms with Crippen LogP contribution in [0.1, 0.15) is 12.8 Å². The van der Waals surface area contributed by atoms with Crippen LogP contribution in [-0.2, 0) is 10.0 Å². The second kappa shape index (κ2) is 5.93. The molecule has 0 aliphatic carbocycles. The highest BCUT2D eigenvalue weighted by atomic mass is 35.5. The van der Waals surface area contributed by atoms with Crippen LogP contribution in [-0.4, -0.2) is 32.5 Å². The molecule has 4 nitrogen and oxygen atoms in total. The van der Waals surface area contributed by atoms with Gasteiger partial charge < -0.3 is 5.32 Å². The molecule has 1 aliphatic rings. The van der Waals surface area contributed by atoms with Crippen molar-refractivity contribution in [3.8, 4) is 0 Å². The van der Waals surface area contributed by atoms with E-state index in [1.165, 1.54) is 4.31 Å². The van der Waals surface area contributed by atoms with Crippen molar-refractivity contribution in [2.75, 3.05) is 19.8 Å². The standard InChI is InChI=1S/C15H17ClN2O2S/c16-14-7-3-6-13-12(14)5-4-8-15(13)21(19,20)18-10-2-1-9-17-11-18/h3-8,17H,1-2,9-11H2. The third-order valence-electron chi connectivity index (χ3n) is 3.75. The third kappa shape index (κ3) is 2.79. The molecule has 0 atom stereocenters. The average Bonchev–Trinajstić information content (AvgIpc) is 2.77. The van der Waals surface area contributed by atoms with Crippen LogP contribution in [0.2, 0.25) is 5.02 Å². The lowest BCUT2D eigenvalue weighted by Gasteiger charge is -2.21. The summed E-state index contributed by atoms with van der Waals surface area (Å²) in [5.74, 6) is 0. The molecular formula is C15H17ClN2O2S. The minimum absolute atomic E-state index is 0.325. The van der Waals surface area contributed by atoms with E-state index in [-0.39, 0.29) is 0 Å². The van der Waals surface area contributed by atoms with Crippen molar-refractivity contribution in [2.24, 2.45) is 0 Å². The molecule has 21 heavy (non-hydrogen) atoms. The first-order chi connectivity index (χ1) is 10.1. The van der Waals surface area contributed by atoms with Gasteiger partial charge in [-0.3, -0.25) is 0 Å². The zero-order chi connectivity index (χ0) is 14.9.